The molecule has 0 bridgehead atoms. The largest absolute Gasteiger partial charge is 0.427 e. The summed E-state index contributed by atoms with van der Waals surface area (Å²) >= 11 is 1.45. The molecule has 0 aliphatic heterocycles. The van der Waals surface area contributed by atoms with Gasteiger partial charge in [0.1, 0.15) is 16.8 Å². The van der Waals surface area contributed by atoms with Crippen LogP contribution in [0.25, 0.3) is 22.9 Å². The molecular formula is C24H22N2O2S. The van der Waals surface area contributed by atoms with E-state index in [0.717, 1.165) is 23.2 Å². The Morgan fingerprint density at radius 1 is 1.17 bits per heavy atom. The van der Waals surface area contributed by atoms with Crippen molar-refractivity contribution in [1.29, 1.82) is 5.26 Å². The normalized spacial score (nSPS) is 11.3. The van der Waals surface area contributed by atoms with Gasteiger partial charge in [0.15, 0.2) is 0 Å². The average molecular weight is 403 g/mol. The van der Waals surface area contributed by atoms with Gasteiger partial charge in [-0.05, 0) is 41.7 Å². The molecule has 3 aromatic rings. The predicted molar refractivity (Wildman–Crippen MR) is 117 cm³/mol. The van der Waals surface area contributed by atoms with Gasteiger partial charge in [-0.25, -0.2) is 4.98 Å². The molecule has 2 aromatic carbocycles. The van der Waals surface area contributed by atoms with E-state index in [4.69, 9.17) is 4.74 Å². The molecule has 1 heterocycles. The molecule has 0 aliphatic carbocycles. The molecule has 0 radical (unpaired) electrons. The first kappa shape index (κ1) is 20.5. The molecule has 0 fully saturated rings. The van der Waals surface area contributed by atoms with E-state index < -0.39 is 0 Å². The Bertz CT molecular complexity index is 1060. The molecule has 0 atom stereocenters. The van der Waals surface area contributed by atoms with Crippen molar-refractivity contribution in [2.24, 2.45) is 5.92 Å². The van der Waals surface area contributed by atoms with Gasteiger partial charge >= 0.3 is 5.97 Å². The summed E-state index contributed by atoms with van der Waals surface area (Å²) in [6.45, 7) is 5.78. The highest BCUT2D eigenvalue weighted by molar-refractivity contribution is 7.11. The third kappa shape index (κ3) is 5.63. The molecule has 0 aliphatic rings. The van der Waals surface area contributed by atoms with Gasteiger partial charge in [0.05, 0.1) is 11.3 Å². The van der Waals surface area contributed by atoms with Crippen molar-refractivity contribution >= 4 is 29.0 Å². The van der Waals surface area contributed by atoms with Crippen molar-refractivity contribution in [2.45, 2.75) is 27.2 Å². The monoisotopic (exact) mass is 402 g/mol. The summed E-state index contributed by atoms with van der Waals surface area (Å²) in [5.74, 6) is 0.738. The van der Waals surface area contributed by atoms with Crippen molar-refractivity contribution in [1.82, 2.24) is 4.98 Å². The lowest BCUT2D eigenvalue weighted by Gasteiger charge is -2.05. The second-order valence-corrected chi connectivity index (χ2v) is 8.02. The summed E-state index contributed by atoms with van der Waals surface area (Å²) in [5, 5.41) is 12.2. The zero-order chi connectivity index (χ0) is 20.8. The van der Waals surface area contributed by atoms with Crippen molar-refractivity contribution in [3.05, 3.63) is 70.0 Å². The number of nitrogens with zero attached hydrogens (tertiary/aromatic N) is 2. The Labute approximate surface area is 175 Å². The number of allylic oxidation sites excluding steroid dienone is 1. The van der Waals surface area contributed by atoms with Gasteiger partial charge in [-0.3, -0.25) is 4.79 Å². The number of hydrogen-bond donors (Lipinski definition) is 0. The summed E-state index contributed by atoms with van der Waals surface area (Å²) in [7, 11) is 0. The molecule has 0 spiro atoms. The number of hydrogen-bond acceptors (Lipinski definition) is 5. The Hall–Kier alpha value is -3.23. The quantitative estimate of drug-likeness (QED) is 0.288. The number of rotatable bonds is 6. The number of ether oxygens (including phenoxy) is 1. The second kappa shape index (κ2) is 9.31. The van der Waals surface area contributed by atoms with Gasteiger partial charge in [-0.1, -0.05) is 50.2 Å². The van der Waals surface area contributed by atoms with Crippen LogP contribution in [-0.4, -0.2) is 11.0 Å². The van der Waals surface area contributed by atoms with E-state index in [1.165, 1.54) is 23.8 Å². The van der Waals surface area contributed by atoms with Crippen molar-refractivity contribution in [3.63, 3.8) is 0 Å². The van der Waals surface area contributed by atoms with Crippen LogP contribution in [0.1, 0.15) is 36.9 Å². The number of carbonyl (C=O) groups is 1. The molecule has 0 unspecified atom stereocenters. The van der Waals surface area contributed by atoms with Crippen LogP contribution < -0.4 is 4.74 Å². The van der Waals surface area contributed by atoms with Gasteiger partial charge in [-0.2, -0.15) is 5.26 Å². The number of benzene rings is 2. The second-order valence-electron chi connectivity index (χ2n) is 7.17. The highest BCUT2D eigenvalue weighted by atomic mass is 32.1. The fraction of sp³-hybridized carbons (Fsp3) is 0.208. The molecule has 4 nitrogen and oxygen atoms in total. The van der Waals surface area contributed by atoms with Gasteiger partial charge < -0.3 is 4.74 Å². The van der Waals surface area contributed by atoms with Gasteiger partial charge in [0.2, 0.25) is 0 Å². The highest BCUT2D eigenvalue weighted by Gasteiger charge is 2.10. The predicted octanol–water partition coefficient (Wildman–Crippen LogP) is 6.00. The first-order chi connectivity index (χ1) is 13.9. The van der Waals surface area contributed by atoms with Crippen LogP contribution in [0, 0.1) is 17.2 Å². The van der Waals surface area contributed by atoms with Crippen molar-refractivity contribution in [3.8, 4) is 23.1 Å². The van der Waals surface area contributed by atoms with E-state index in [-0.39, 0.29) is 5.97 Å². The van der Waals surface area contributed by atoms with Crippen molar-refractivity contribution < 1.29 is 9.53 Å². The van der Waals surface area contributed by atoms with Crippen LogP contribution in [0.2, 0.25) is 0 Å². The standard InChI is InChI=1S/C24H22N2O2S/c1-16(2)12-18-4-8-20(9-5-18)23-15-29-24(26-23)21(14-25)13-19-6-10-22(11-7-19)28-17(3)27/h4-11,13,15-16H,12H2,1-3H3. The maximum absolute atomic E-state index is 11.0. The fourth-order valence-corrected chi connectivity index (χ4v) is 3.71. The third-order valence-electron chi connectivity index (χ3n) is 4.20. The summed E-state index contributed by atoms with van der Waals surface area (Å²) in [4.78, 5) is 15.7. The molecule has 5 heteroatoms. The summed E-state index contributed by atoms with van der Waals surface area (Å²) in [6, 6.07) is 17.7. The van der Waals surface area contributed by atoms with Crippen LogP contribution >= 0.6 is 11.3 Å². The fourth-order valence-electron chi connectivity index (χ4n) is 2.92. The van der Waals surface area contributed by atoms with Gasteiger partial charge in [-0.15, -0.1) is 11.3 Å². The van der Waals surface area contributed by atoms with Crippen LogP contribution in [-0.2, 0) is 11.2 Å². The van der Waals surface area contributed by atoms with Crippen molar-refractivity contribution in [2.75, 3.05) is 0 Å². The SMILES string of the molecule is CC(=O)Oc1ccc(C=C(C#N)c2nc(-c3ccc(CC(C)C)cc3)cs2)cc1. The number of aromatic nitrogens is 1. The average Bonchev–Trinajstić information content (AvgIpc) is 3.17. The maximum Gasteiger partial charge on any atom is 0.308 e. The summed E-state index contributed by atoms with van der Waals surface area (Å²) in [6.07, 6.45) is 2.84. The number of nitriles is 1. The smallest absolute Gasteiger partial charge is 0.308 e. The number of thiazole rings is 1. The lowest BCUT2D eigenvalue weighted by Crippen LogP contribution is -2.00. The molecule has 3 rings (SSSR count). The zero-order valence-electron chi connectivity index (χ0n) is 16.7. The minimum atomic E-state index is -0.362. The summed E-state index contributed by atoms with van der Waals surface area (Å²) in [5.41, 5.74) is 4.56. The van der Waals surface area contributed by atoms with E-state index in [2.05, 4.69) is 49.2 Å². The molecule has 0 amide bonds. The highest BCUT2D eigenvalue weighted by Crippen LogP contribution is 2.28. The molecule has 0 N–H and O–H groups in total. The van der Waals surface area contributed by atoms with Gasteiger partial charge in [0, 0.05) is 17.9 Å². The van der Waals surface area contributed by atoms with Crippen LogP contribution in [0.15, 0.2) is 53.9 Å². The lowest BCUT2D eigenvalue weighted by molar-refractivity contribution is -0.131. The topological polar surface area (TPSA) is 63.0 Å². The molecule has 146 valence electrons. The Balaban J connectivity index is 1.79. The van der Waals surface area contributed by atoms with E-state index in [0.29, 0.717) is 22.2 Å². The van der Waals surface area contributed by atoms with Gasteiger partial charge in [0.25, 0.3) is 0 Å². The first-order valence-corrected chi connectivity index (χ1v) is 10.3. The van der Waals surface area contributed by atoms with Crippen LogP contribution in [0.5, 0.6) is 5.75 Å². The first-order valence-electron chi connectivity index (χ1n) is 9.40. The van der Waals surface area contributed by atoms with Crippen LogP contribution in [0.4, 0.5) is 0 Å². The van der Waals surface area contributed by atoms with E-state index in [1.54, 1.807) is 30.3 Å². The minimum absolute atomic E-state index is 0.362. The Kier molecular flexibility index (Phi) is 6.58. The molecule has 1 aromatic heterocycles. The Morgan fingerprint density at radius 2 is 1.86 bits per heavy atom. The molecular weight excluding hydrogens is 380 g/mol. The Morgan fingerprint density at radius 3 is 2.45 bits per heavy atom. The number of carbonyl (C=O) groups excluding carboxylic acids is 1. The molecule has 0 saturated heterocycles. The van der Waals surface area contributed by atoms with E-state index in [9.17, 15) is 10.1 Å². The lowest BCUT2D eigenvalue weighted by atomic mass is 10.0. The molecule has 29 heavy (non-hydrogen) atoms. The van der Waals surface area contributed by atoms with E-state index in [1.807, 2.05) is 5.38 Å². The van der Waals surface area contributed by atoms with Crippen LogP contribution in [0.3, 0.4) is 0 Å². The third-order valence-corrected chi connectivity index (χ3v) is 5.08. The molecule has 0 saturated carbocycles. The minimum Gasteiger partial charge on any atom is -0.427 e. The maximum atomic E-state index is 11.0. The summed E-state index contributed by atoms with van der Waals surface area (Å²) < 4.78 is 5.03. The zero-order valence-corrected chi connectivity index (χ0v) is 17.5. The van der Waals surface area contributed by atoms with E-state index >= 15 is 0 Å². The number of esters is 1.